The van der Waals surface area contributed by atoms with Crippen molar-refractivity contribution in [3.63, 3.8) is 0 Å². The Morgan fingerprint density at radius 1 is 1.67 bits per heavy atom. The minimum absolute atomic E-state index is 0.640. The number of hydrogen-bond acceptors (Lipinski definition) is 5. The Bertz CT molecular complexity index is 275. The van der Waals surface area contributed by atoms with E-state index in [0.717, 1.165) is 25.4 Å². The largest absolute Gasteiger partial charge is 0.340 e. The minimum atomic E-state index is 0.640. The van der Waals surface area contributed by atoms with E-state index in [0.29, 0.717) is 6.04 Å². The van der Waals surface area contributed by atoms with E-state index in [9.17, 15) is 0 Å². The fraction of sp³-hybridized carbons (Fsp3) is 0.800. The SMILES string of the molecule is CNC1CCCN(CCc2ncno2)C1. The summed E-state index contributed by atoms with van der Waals surface area (Å²) in [4.78, 5) is 6.47. The maximum Gasteiger partial charge on any atom is 0.227 e. The van der Waals surface area contributed by atoms with Gasteiger partial charge in [0.1, 0.15) is 0 Å². The average molecular weight is 210 g/mol. The van der Waals surface area contributed by atoms with Gasteiger partial charge in [0.2, 0.25) is 5.89 Å². The van der Waals surface area contributed by atoms with Crippen LogP contribution in [0.25, 0.3) is 0 Å². The minimum Gasteiger partial charge on any atom is -0.340 e. The Hall–Kier alpha value is -0.940. The first kappa shape index (κ1) is 10.6. The van der Waals surface area contributed by atoms with Gasteiger partial charge >= 0.3 is 0 Å². The van der Waals surface area contributed by atoms with Gasteiger partial charge in [-0.2, -0.15) is 4.98 Å². The van der Waals surface area contributed by atoms with Gasteiger partial charge in [0, 0.05) is 25.6 Å². The number of aromatic nitrogens is 2. The summed E-state index contributed by atoms with van der Waals surface area (Å²) in [6.07, 6.45) is 4.88. The van der Waals surface area contributed by atoms with Gasteiger partial charge in [-0.3, -0.25) is 0 Å². The molecule has 2 rings (SSSR count). The van der Waals surface area contributed by atoms with Crippen LogP contribution in [-0.4, -0.2) is 47.8 Å². The molecular formula is C10H18N4O. The maximum absolute atomic E-state index is 4.97. The average Bonchev–Trinajstić information content (AvgIpc) is 2.79. The zero-order chi connectivity index (χ0) is 10.5. The van der Waals surface area contributed by atoms with Crippen LogP contribution < -0.4 is 5.32 Å². The number of likely N-dealkylation sites (N-methyl/N-ethyl adjacent to an activating group) is 1. The lowest BCUT2D eigenvalue weighted by Gasteiger charge is -2.32. The molecule has 0 radical (unpaired) electrons. The van der Waals surface area contributed by atoms with E-state index < -0.39 is 0 Å². The molecule has 5 nitrogen and oxygen atoms in total. The number of piperidine rings is 1. The second kappa shape index (κ2) is 5.23. The van der Waals surface area contributed by atoms with Gasteiger partial charge in [-0.15, -0.1) is 0 Å². The zero-order valence-electron chi connectivity index (χ0n) is 9.15. The molecule has 1 aromatic heterocycles. The molecule has 5 heteroatoms. The highest BCUT2D eigenvalue weighted by molar-refractivity contribution is 4.81. The molecule has 1 fully saturated rings. The lowest BCUT2D eigenvalue weighted by molar-refractivity contribution is 0.191. The summed E-state index contributed by atoms with van der Waals surface area (Å²) >= 11 is 0. The van der Waals surface area contributed by atoms with Crippen LogP contribution in [0.2, 0.25) is 0 Å². The van der Waals surface area contributed by atoms with Gasteiger partial charge in [-0.1, -0.05) is 5.16 Å². The number of rotatable bonds is 4. The molecule has 0 aromatic carbocycles. The second-order valence-electron chi connectivity index (χ2n) is 4.01. The van der Waals surface area contributed by atoms with E-state index in [-0.39, 0.29) is 0 Å². The summed E-state index contributed by atoms with van der Waals surface area (Å²) in [6.45, 7) is 3.33. The third-order valence-corrected chi connectivity index (χ3v) is 2.96. The van der Waals surface area contributed by atoms with Crippen molar-refractivity contribution in [2.45, 2.75) is 25.3 Å². The summed E-state index contributed by atoms with van der Waals surface area (Å²) in [6, 6.07) is 0.640. The Morgan fingerprint density at radius 2 is 2.60 bits per heavy atom. The second-order valence-corrected chi connectivity index (χ2v) is 4.01. The fourth-order valence-electron chi connectivity index (χ4n) is 2.05. The van der Waals surface area contributed by atoms with Gasteiger partial charge in [-0.05, 0) is 26.4 Å². The monoisotopic (exact) mass is 210 g/mol. The van der Waals surface area contributed by atoms with Crippen molar-refractivity contribution in [3.05, 3.63) is 12.2 Å². The summed E-state index contributed by atoms with van der Waals surface area (Å²) < 4.78 is 4.97. The van der Waals surface area contributed by atoms with E-state index in [1.54, 1.807) is 0 Å². The number of nitrogens with one attached hydrogen (secondary N) is 1. The van der Waals surface area contributed by atoms with Gasteiger partial charge in [0.05, 0.1) is 0 Å². The van der Waals surface area contributed by atoms with Gasteiger partial charge < -0.3 is 14.7 Å². The molecule has 1 aliphatic rings. The van der Waals surface area contributed by atoms with Crippen LogP contribution >= 0.6 is 0 Å². The molecule has 1 N–H and O–H groups in total. The molecule has 15 heavy (non-hydrogen) atoms. The lowest BCUT2D eigenvalue weighted by atomic mass is 10.1. The van der Waals surface area contributed by atoms with Crippen LogP contribution in [0.15, 0.2) is 10.9 Å². The predicted octanol–water partition coefficient (Wildman–Crippen LogP) is 0.296. The summed E-state index contributed by atoms with van der Waals surface area (Å²) in [5.41, 5.74) is 0. The first-order valence-electron chi connectivity index (χ1n) is 5.53. The van der Waals surface area contributed by atoms with Gasteiger partial charge in [-0.25, -0.2) is 0 Å². The Morgan fingerprint density at radius 3 is 3.33 bits per heavy atom. The van der Waals surface area contributed by atoms with Crippen LogP contribution in [0.3, 0.4) is 0 Å². The van der Waals surface area contributed by atoms with Crippen molar-refractivity contribution in [2.24, 2.45) is 0 Å². The quantitative estimate of drug-likeness (QED) is 0.774. The van der Waals surface area contributed by atoms with Crippen molar-refractivity contribution >= 4 is 0 Å². The van der Waals surface area contributed by atoms with Crippen LogP contribution in [-0.2, 0) is 6.42 Å². The molecule has 1 saturated heterocycles. The summed E-state index contributed by atoms with van der Waals surface area (Å²) in [5.74, 6) is 0.738. The summed E-state index contributed by atoms with van der Waals surface area (Å²) in [5, 5.41) is 6.93. The molecule has 84 valence electrons. The standard InChI is InChI=1S/C10H18N4O/c1-11-9-3-2-5-14(7-9)6-4-10-12-8-13-15-10/h8-9,11H,2-7H2,1H3. The highest BCUT2D eigenvalue weighted by Gasteiger charge is 2.18. The molecule has 1 unspecified atom stereocenters. The summed E-state index contributed by atoms with van der Waals surface area (Å²) in [7, 11) is 2.03. The first-order valence-corrected chi connectivity index (χ1v) is 5.53. The van der Waals surface area contributed by atoms with Crippen molar-refractivity contribution in [2.75, 3.05) is 26.7 Å². The van der Waals surface area contributed by atoms with E-state index >= 15 is 0 Å². The van der Waals surface area contributed by atoms with E-state index in [2.05, 4.69) is 20.4 Å². The number of hydrogen-bond donors (Lipinski definition) is 1. The number of likely N-dealkylation sites (tertiary alicyclic amines) is 1. The van der Waals surface area contributed by atoms with Crippen LogP contribution in [0.1, 0.15) is 18.7 Å². The van der Waals surface area contributed by atoms with Gasteiger partial charge in [0.15, 0.2) is 6.33 Å². The van der Waals surface area contributed by atoms with Crippen molar-refractivity contribution < 1.29 is 4.52 Å². The molecule has 0 bridgehead atoms. The van der Waals surface area contributed by atoms with E-state index in [1.165, 1.54) is 25.7 Å². The fourth-order valence-corrected chi connectivity index (χ4v) is 2.05. The Labute approximate surface area is 89.8 Å². The van der Waals surface area contributed by atoms with Crippen molar-refractivity contribution in [3.8, 4) is 0 Å². The van der Waals surface area contributed by atoms with Crippen LogP contribution in [0.5, 0.6) is 0 Å². The Balaban J connectivity index is 1.74. The third kappa shape index (κ3) is 3.00. The topological polar surface area (TPSA) is 54.2 Å². The predicted molar refractivity (Wildman–Crippen MR) is 56.5 cm³/mol. The van der Waals surface area contributed by atoms with Gasteiger partial charge in [0.25, 0.3) is 0 Å². The molecule has 1 aromatic rings. The molecule has 0 aliphatic carbocycles. The molecule has 0 spiro atoms. The zero-order valence-corrected chi connectivity index (χ0v) is 9.15. The molecule has 0 amide bonds. The van der Waals surface area contributed by atoms with Crippen LogP contribution in [0, 0.1) is 0 Å². The lowest BCUT2D eigenvalue weighted by Crippen LogP contribution is -2.44. The van der Waals surface area contributed by atoms with Crippen LogP contribution in [0.4, 0.5) is 0 Å². The van der Waals surface area contributed by atoms with E-state index in [1.807, 2.05) is 7.05 Å². The number of nitrogens with zero attached hydrogens (tertiary/aromatic N) is 3. The molecule has 1 aliphatic heterocycles. The van der Waals surface area contributed by atoms with E-state index in [4.69, 9.17) is 4.52 Å². The highest BCUT2D eigenvalue weighted by atomic mass is 16.5. The highest BCUT2D eigenvalue weighted by Crippen LogP contribution is 2.10. The Kier molecular flexibility index (Phi) is 3.69. The van der Waals surface area contributed by atoms with Crippen molar-refractivity contribution in [1.29, 1.82) is 0 Å². The molecule has 2 heterocycles. The first-order chi connectivity index (χ1) is 7.38. The molecule has 1 atom stereocenters. The normalized spacial score (nSPS) is 23.1. The maximum atomic E-state index is 4.97. The molecular weight excluding hydrogens is 192 g/mol. The molecule has 0 saturated carbocycles. The third-order valence-electron chi connectivity index (χ3n) is 2.96. The van der Waals surface area contributed by atoms with Crippen molar-refractivity contribution in [1.82, 2.24) is 20.4 Å². The smallest absolute Gasteiger partial charge is 0.227 e.